The molecule has 2 saturated carbocycles. The molecule has 0 N–H and O–H groups in total. The first-order chi connectivity index (χ1) is 10.1. The molecule has 0 saturated heterocycles. The molecule has 2 fully saturated rings. The molecule has 0 aromatic heterocycles. The van der Waals surface area contributed by atoms with Gasteiger partial charge in [0.15, 0.2) is 0 Å². The standard InChI is InChI=1S/C18H32O2Si/c1-4-5-14-21(16-10-6-7-11-16,17-12-8-9-13-17)20-18(19)15(2)3/h16-17H,2,4-14H2,1,3H3. The molecule has 0 radical (unpaired) electrons. The minimum Gasteiger partial charge on any atom is -0.515 e. The van der Waals surface area contributed by atoms with Crippen molar-refractivity contribution in [1.29, 1.82) is 0 Å². The summed E-state index contributed by atoms with van der Waals surface area (Å²) in [5, 5.41) is 0. The maximum Gasteiger partial charge on any atom is 0.319 e. The molecular formula is C18H32O2Si. The lowest BCUT2D eigenvalue weighted by Gasteiger charge is -2.41. The molecule has 0 bridgehead atoms. The van der Waals surface area contributed by atoms with Crippen LogP contribution >= 0.6 is 0 Å². The normalized spacial score (nSPS) is 20.9. The molecule has 2 aliphatic carbocycles. The van der Waals surface area contributed by atoms with Crippen molar-refractivity contribution in [3.63, 3.8) is 0 Å². The average molecular weight is 309 g/mol. The molecule has 0 spiro atoms. The van der Waals surface area contributed by atoms with Crippen molar-refractivity contribution in [3.05, 3.63) is 12.2 Å². The molecule has 2 aliphatic rings. The fourth-order valence-corrected chi connectivity index (χ4v) is 10.6. The molecule has 0 amide bonds. The largest absolute Gasteiger partial charge is 0.515 e. The molecule has 3 heteroatoms. The number of carbonyl (C=O) groups is 1. The summed E-state index contributed by atoms with van der Waals surface area (Å²) >= 11 is 0. The predicted molar refractivity (Wildman–Crippen MR) is 90.8 cm³/mol. The highest BCUT2D eigenvalue weighted by Crippen LogP contribution is 2.53. The van der Waals surface area contributed by atoms with Gasteiger partial charge in [-0.2, -0.15) is 0 Å². The van der Waals surface area contributed by atoms with Crippen LogP contribution in [-0.4, -0.2) is 14.3 Å². The molecule has 0 aromatic carbocycles. The lowest BCUT2D eigenvalue weighted by atomic mass is 10.3. The minimum atomic E-state index is -1.99. The predicted octanol–water partition coefficient (Wildman–Crippen LogP) is 5.74. The molecule has 0 aromatic rings. The van der Waals surface area contributed by atoms with Crippen LogP contribution in [0.2, 0.25) is 17.1 Å². The topological polar surface area (TPSA) is 26.3 Å². The highest BCUT2D eigenvalue weighted by molar-refractivity contribution is 6.78. The van der Waals surface area contributed by atoms with E-state index in [0.29, 0.717) is 5.57 Å². The molecule has 2 nitrogen and oxygen atoms in total. The van der Waals surface area contributed by atoms with Gasteiger partial charge in [0, 0.05) is 5.57 Å². The van der Waals surface area contributed by atoms with Gasteiger partial charge >= 0.3 is 5.97 Å². The second-order valence-corrected chi connectivity index (χ2v) is 11.4. The number of carbonyl (C=O) groups excluding carboxylic acids is 1. The van der Waals surface area contributed by atoms with Gasteiger partial charge in [-0.1, -0.05) is 52.0 Å². The summed E-state index contributed by atoms with van der Waals surface area (Å²) in [5.41, 5.74) is 2.02. The lowest BCUT2D eigenvalue weighted by molar-refractivity contribution is -0.131. The highest BCUT2D eigenvalue weighted by Gasteiger charge is 2.52. The second-order valence-electron chi connectivity index (χ2n) is 7.19. The van der Waals surface area contributed by atoms with E-state index >= 15 is 0 Å². The highest BCUT2D eigenvalue weighted by atomic mass is 28.4. The quantitative estimate of drug-likeness (QED) is 0.443. The third kappa shape index (κ3) is 3.80. The van der Waals surface area contributed by atoms with Crippen LogP contribution in [0.1, 0.15) is 78.1 Å². The summed E-state index contributed by atoms with van der Waals surface area (Å²) in [6.07, 6.45) is 13.0. The number of hydrogen-bond acceptors (Lipinski definition) is 2. The minimum absolute atomic E-state index is 0.100. The lowest BCUT2D eigenvalue weighted by Crippen LogP contribution is -2.48. The van der Waals surface area contributed by atoms with Gasteiger partial charge in [-0.25, -0.2) is 4.79 Å². The van der Waals surface area contributed by atoms with Gasteiger partial charge in [0.1, 0.15) is 0 Å². The summed E-state index contributed by atoms with van der Waals surface area (Å²) in [5.74, 6) is -0.100. The summed E-state index contributed by atoms with van der Waals surface area (Å²) in [7, 11) is -1.99. The monoisotopic (exact) mass is 308 g/mol. The first kappa shape index (κ1) is 16.8. The van der Waals surface area contributed by atoms with Crippen molar-refractivity contribution in [3.8, 4) is 0 Å². The Balaban J connectivity index is 2.26. The fraction of sp³-hybridized carbons (Fsp3) is 0.833. The van der Waals surface area contributed by atoms with Crippen LogP contribution in [0.5, 0.6) is 0 Å². The third-order valence-corrected chi connectivity index (χ3v) is 11.3. The Bertz CT molecular complexity index is 349. The summed E-state index contributed by atoms with van der Waals surface area (Å²) < 4.78 is 6.37. The fourth-order valence-electron chi connectivity index (χ4n) is 4.50. The van der Waals surface area contributed by atoms with E-state index in [9.17, 15) is 4.79 Å². The molecule has 120 valence electrons. The van der Waals surface area contributed by atoms with E-state index in [4.69, 9.17) is 4.43 Å². The molecule has 0 unspecified atom stereocenters. The number of hydrogen-bond donors (Lipinski definition) is 0. The molecular weight excluding hydrogens is 276 g/mol. The maximum atomic E-state index is 12.3. The number of unbranched alkanes of at least 4 members (excludes halogenated alkanes) is 1. The van der Waals surface area contributed by atoms with Crippen molar-refractivity contribution >= 4 is 14.3 Å². The van der Waals surface area contributed by atoms with Crippen LogP contribution < -0.4 is 0 Å². The van der Waals surface area contributed by atoms with Crippen LogP contribution in [0, 0.1) is 0 Å². The smallest absolute Gasteiger partial charge is 0.319 e. The zero-order chi connectivity index (χ0) is 15.3. The van der Waals surface area contributed by atoms with Gasteiger partial charge in [-0.3, -0.25) is 0 Å². The van der Waals surface area contributed by atoms with E-state index in [1.54, 1.807) is 6.92 Å². The third-order valence-electron chi connectivity index (χ3n) is 5.64. The van der Waals surface area contributed by atoms with E-state index in [1.165, 1.54) is 70.3 Å². The van der Waals surface area contributed by atoms with Gasteiger partial charge in [0.05, 0.1) is 0 Å². The molecule has 2 rings (SSSR count). The van der Waals surface area contributed by atoms with Gasteiger partial charge in [-0.15, -0.1) is 0 Å². The van der Waals surface area contributed by atoms with E-state index in [2.05, 4.69) is 13.5 Å². The van der Waals surface area contributed by atoms with Crippen molar-refractivity contribution in [2.45, 2.75) is 95.2 Å². The van der Waals surface area contributed by atoms with Crippen molar-refractivity contribution in [2.24, 2.45) is 0 Å². The Morgan fingerprint density at radius 2 is 1.57 bits per heavy atom. The van der Waals surface area contributed by atoms with Crippen LogP contribution in [0.3, 0.4) is 0 Å². The second kappa shape index (κ2) is 7.62. The Kier molecular flexibility index (Phi) is 6.09. The van der Waals surface area contributed by atoms with Crippen molar-refractivity contribution < 1.29 is 9.22 Å². The van der Waals surface area contributed by atoms with E-state index < -0.39 is 8.32 Å². The van der Waals surface area contributed by atoms with Gasteiger partial charge in [0.2, 0.25) is 0 Å². The van der Waals surface area contributed by atoms with Gasteiger partial charge < -0.3 is 4.43 Å². The first-order valence-electron chi connectivity index (χ1n) is 8.99. The zero-order valence-corrected chi connectivity index (χ0v) is 15.0. The van der Waals surface area contributed by atoms with Crippen LogP contribution in [0.25, 0.3) is 0 Å². The van der Waals surface area contributed by atoms with Crippen molar-refractivity contribution in [2.75, 3.05) is 0 Å². The first-order valence-corrected chi connectivity index (χ1v) is 11.3. The summed E-state index contributed by atoms with van der Waals surface area (Å²) in [4.78, 5) is 12.3. The average Bonchev–Trinajstić information content (AvgIpc) is 3.15. The van der Waals surface area contributed by atoms with Crippen LogP contribution in [0.4, 0.5) is 0 Å². The molecule has 0 heterocycles. The maximum absolute atomic E-state index is 12.3. The Hall–Kier alpha value is -0.573. The Morgan fingerprint density at radius 1 is 1.10 bits per heavy atom. The SMILES string of the molecule is C=C(C)C(=O)O[Si](CCCC)(C1CCCC1)C1CCCC1. The van der Waals surface area contributed by atoms with E-state index in [-0.39, 0.29) is 5.97 Å². The van der Waals surface area contributed by atoms with Crippen LogP contribution in [0.15, 0.2) is 12.2 Å². The summed E-state index contributed by atoms with van der Waals surface area (Å²) in [6.45, 7) is 7.87. The Labute approximate surface area is 131 Å². The molecule has 0 aliphatic heterocycles. The zero-order valence-electron chi connectivity index (χ0n) is 14.0. The van der Waals surface area contributed by atoms with Crippen LogP contribution in [-0.2, 0) is 9.22 Å². The van der Waals surface area contributed by atoms with E-state index in [1.807, 2.05) is 0 Å². The van der Waals surface area contributed by atoms with Gasteiger partial charge in [0.25, 0.3) is 8.32 Å². The van der Waals surface area contributed by atoms with Gasteiger partial charge in [-0.05, 0) is 49.7 Å². The summed E-state index contributed by atoms with van der Waals surface area (Å²) in [6, 6.07) is 1.19. The van der Waals surface area contributed by atoms with E-state index in [0.717, 1.165) is 11.1 Å². The Morgan fingerprint density at radius 3 is 1.95 bits per heavy atom. The molecule has 0 atom stereocenters. The van der Waals surface area contributed by atoms with Crippen molar-refractivity contribution in [1.82, 2.24) is 0 Å². The molecule has 21 heavy (non-hydrogen) atoms. The number of rotatable bonds is 7.